The lowest BCUT2D eigenvalue weighted by atomic mass is 10.2. The number of ether oxygens (including phenoxy) is 2. The highest BCUT2D eigenvalue weighted by molar-refractivity contribution is 6.34. The molecule has 0 unspecified atom stereocenters. The molecular formula is C15H14Cl3NO2. The van der Waals surface area contributed by atoms with Gasteiger partial charge in [0.15, 0.2) is 11.5 Å². The molecule has 0 amide bonds. The number of nitrogens with one attached hydrogen (secondary N) is 1. The third-order valence-corrected chi connectivity index (χ3v) is 3.63. The van der Waals surface area contributed by atoms with E-state index in [4.69, 9.17) is 44.3 Å². The molecule has 0 bridgehead atoms. The van der Waals surface area contributed by atoms with E-state index in [1.807, 2.05) is 12.1 Å². The Balaban J connectivity index is 2.19. The van der Waals surface area contributed by atoms with Gasteiger partial charge in [-0.25, -0.2) is 0 Å². The number of hydrogen-bond acceptors (Lipinski definition) is 3. The fourth-order valence-electron chi connectivity index (χ4n) is 1.90. The molecule has 0 spiro atoms. The molecule has 21 heavy (non-hydrogen) atoms. The molecule has 2 rings (SSSR count). The zero-order valence-electron chi connectivity index (χ0n) is 11.5. The number of anilines is 1. The molecule has 2 aromatic rings. The highest BCUT2D eigenvalue weighted by Crippen LogP contribution is 2.36. The van der Waals surface area contributed by atoms with E-state index in [0.717, 1.165) is 11.3 Å². The number of methoxy groups -OCH3 is 2. The van der Waals surface area contributed by atoms with Crippen LogP contribution in [0, 0.1) is 0 Å². The third-order valence-electron chi connectivity index (χ3n) is 2.88. The van der Waals surface area contributed by atoms with Crippen LogP contribution in [0.4, 0.5) is 5.69 Å². The second-order valence-electron chi connectivity index (χ2n) is 4.32. The summed E-state index contributed by atoms with van der Waals surface area (Å²) >= 11 is 18.2. The maximum atomic E-state index is 6.22. The first-order valence-electron chi connectivity index (χ1n) is 6.14. The Morgan fingerprint density at radius 3 is 2.00 bits per heavy atom. The molecule has 0 radical (unpaired) electrons. The molecule has 0 fully saturated rings. The highest BCUT2D eigenvalue weighted by atomic mass is 35.5. The molecule has 0 saturated carbocycles. The van der Waals surface area contributed by atoms with Gasteiger partial charge in [-0.15, -0.1) is 0 Å². The lowest BCUT2D eigenvalue weighted by Crippen LogP contribution is -2.01. The Labute approximate surface area is 138 Å². The van der Waals surface area contributed by atoms with Crippen molar-refractivity contribution < 1.29 is 9.47 Å². The summed E-state index contributed by atoms with van der Waals surface area (Å²) in [6.45, 7) is 0.537. The van der Waals surface area contributed by atoms with Crippen LogP contribution < -0.4 is 14.8 Å². The summed E-state index contributed by atoms with van der Waals surface area (Å²) in [6, 6.07) is 8.86. The van der Waals surface area contributed by atoms with Crippen molar-refractivity contribution in [2.45, 2.75) is 6.54 Å². The number of benzene rings is 2. The van der Waals surface area contributed by atoms with Gasteiger partial charge in [-0.1, -0.05) is 34.8 Å². The Morgan fingerprint density at radius 2 is 1.43 bits per heavy atom. The molecule has 0 aliphatic heterocycles. The van der Waals surface area contributed by atoms with E-state index in [9.17, 15) is 0 Å². The van der Waals surface area contributed by atoms with Gasteiger partial charge in [0.25, 0.3) is 0 Å². The van der Waals surface area contributed by atoms with Gasteiger partial charge in [-0.3, -0.25) is 0 Å². The normalized spacial score (nSPS) is 10.3. The van der Waals surface area contributed by atoms with Crippen LogP contribution in [0.5, 0.6) is 11.5 Å². The monoisotopic (exact) mass is 345 g/mol. The minimum atomic E-state index is 0.537. The predicted octanol–water partition coefficient (Wildman–Crippen LogP) is 5.28. The highest BCUT2D eigenvalue weighted by Gasteiger charge is 2.10. The number of halogens is 3. The first-order chi connectivity index (χ1) is 10.0. The summed E-state index contributed by atoms with van der Waals surface area (Å²) in [5.74, 6) is 1.19. The Bertz CT molecular complexity index is 627. The average molecular weight is 347 g/mol. The van der Waals surface area contributed by atoms with Gasteiger partial charge in [0, 0.05) is 28.7 Å². The minimum Gasteiger partial charge on any atom is -0.493 e. The van der Waals surface area contributed by atoms with E-state index in [1.54, 1.807) is 32.4 Å². The Kier molecular flexibility index (Phi) is 5.45. The molecule has 2 aromatic carbocycles. The molecule has 0 aromatic heterocycles. The maximum Gasteiger partial charge on any atom is 0.162 e. The molecule has 0 heterocycles. The SMILES string of the molecule is COc1cc(Cl)c(NCc2cc(Cl)cc(Cl)c2)cc1OC. The van der Waals surface area contributed by atoms with E-state index in [-0.39, 0.29) is 0 Å². The van der Waals surface area contributed by atoms with Crippen LogP contribution in [-0.2, 0) is 6.54 Å². The molecule has 112 valence electrons. The van der Waals surface area contributed by atoms with Gasteiger partial charge < -0.3 is 14.8 Å². The third kappa shape index (κ3) is 4.10. The Morgan fingerprint density at radius 1 is 0.857 bits per heavy atom. The van der Waals surface area contributed by atoms with Crippen molar-refractivity contribution in [2.24, 2.45) is 0 Å². The summed E-state index contributed by atoms with van der Waals surface area (Å²) in [5.41, 5.74) is 1.70. The first kappa shape index (κ1) is 16.1. The Hall–Kier alpha value is -1.29. The van der Waals surface area contributed by atoms with Gasteiger partial charge in [0.1, 0.15) is 0 Å². The van der Waals surface area contributed by atoms with Crippen LogP contribution in [0.15, 0.2) is 30.3 Å². The topological polar surface area (TPSA) is 30.5 Å². The summed E-state index contributed by atoms with van der Waals surface area (Å²) < 4.78 is 10.5. The fraction of sp³-hybridized carbons (Fsp3) is 0.200. The summed E-state index contributed by atoms with van der Waals surface area (Å²) in [5, 5.41) is 4.96. The maximum absolute atomic E-state index is 6.22. The van der Waals surface area contributed by atoms with Gasteiger partial charge in [0.2, 0.25) is 0 Å². The molecule has 6 heteroatoms. The minimum absolute atomic E-state index is 0.537. The second-order valence-corrected chi connectivity index (χ2v) is 5.60. The lowest BCUT2D eigenvalue weighted by molar-refractivity contribution is 0.355. The summed E-state index contributed by atoms with van der Waals surface area (Å²) in [4.78, 5) is 0. The molecule has 0 saturated heterocycles. The van der Waals surface area contributed by atoms with Crippen molar-refractivity contribution in [3.05, 3.63) is 51.0 Å². The smallest absolute Gasteiger partial charge is 0.162 e. The second kappa shape index (κ2) is 7.12. The van der Waals surface area contributed by atoms with Crippen LogP contribution in [-0.4, -0.2) is 14.2 Å². The van der Waals surface area contributed by atoms with Crippen LogP contribution in [0.25, 0.3) is 0 Å². The summed E-state index contributed by atoms with van der Waals surface area (Å²) in [7, 11) is 3.14. The van der Waals surface area contributed by atoms with Crippen molar-refractivity contribution in [1.82, 2.24) is 0 Å². The van der Waals surface area contributed by atoms with Crippen LogP contribution in [0.1, 0.15) is 5.56 Å². The standard InChI is InChI=1S/C15H14Cl3NO2/c1-20-14-6-12(18)13(7-15(14)21-2)19-8-9-3-10(16)5-11(17)4-9/h3-7,19H,8H2,1-2H3. The molecule has 0 atom stereocenters. The quantitative estimate of drug-likeness (QED) is 0.799. The zero-order valence-corrected chi connectivity index (χ0v) is 13.8. The van der Waals surface area contributed by atoms with E-state index in [2.05, 4.69) is 5.32 Å². The molecule has 3 nitrogen and oxygen atoms in total. The number of rotatable bonds is 5. The van der Waals surface area contributed by atoms with E-state index in [0.29, 0.717) is 33.1 Å². The number of hydrogen-bond donors (Lipinski definition) is 1. The zero-order chi connectivity index (χ0) is 15.4. The van der Waals surface area contributed by atoms with Crippen LogP contribution in [0.2, 0.25) is 15.1 Å². The van der Waals surface area contributed by atoms with Crippen molar-refractivity contribution in [1.29, 1.82) is 0 Å². The van der Waals surface area contributed by atoms with Crippen molar-refractivity contribution in [3.63, 3.8) is 0 Å². The van der Waals surface area contributed by atoms with E-state index >= 15 is 0 Å². The van der Waals surface area contributed by atoms with Gasteiger partial charge in [-0.2, -0.15) is 0 Å². The van der Waals surface area contributed by atoms with Crippen molar-refractivity contribution in [2.75, 3.05) is 19.5 Å². The lowest BCUT2D eigenvalue weighted by Gasteiger charge is -2.13. The van der Waals surface area contributed by atoms with Crippen LogP contribution >= 0.6 is 34.8 Å². The van der Waals surface area contributed by atoms with Crippen molar-refractivity contribution >= 4 is 40.5 Å². The molecule has 0 aliphatic carbocycles. The molecule has 1 N–H and O–H groups in total. The average Bonchev–Trinajstić information content (AvgIpc) is 2.44. The van der Waals surface area contributed by atoms with Crippen molar-refractivity contribution in [3.8, 4) is 11.5 Å². The first-order valence-corrected chi connectivity index (χ1v) is 7.27. The predicted molar refractivity (Wildman–Crippen MR) is 88.3 cm³/mol. The fourth-order valence-corrected chi connectivity index (χ4v) is 2.69. The van der Waals surface area contributed by atoms with Gasteiger partial charge in [0.05, 0.1) is 24.9 Å². The van der Waals surface area contributed by atoms with Crippen LogP contribution in [0.3, 0.4) is 0 Å². The summed E-state index contributed by atoms with van der Waals surface area (Å²) in [6.07, 6.45) is 0. The molecular weight excluding hydrogens is 333 g/mol. The largest absolute Gasteiger partial charge is 0.493 e. The van der Waals surface area contributed by atoms with Gasteiger partial charge >= 0.3 is 0 Å². The van der Waals surface area contributed by atoms with Gasteiger partial charge in [-0.05, 0) is 23.8 Å². The van der Waals surface area contributed by atoms with E-state index in [1.165, 1.54) is 0 Å². The molecule has 0 aliphatic rings. The van der Waals surface area contributed by atoms with E-state index < -0.39 is 0 Å².